The van der Waals surface area contributed by atoms with E-state index in [2.05, 4.69) is 19.2 Å². The standard InChI is InChI=1S/C72H141NO13/c1-3-5-7-9-11-13-15-17-19-21-22-23-24-25-26-27-28-29-30-31-32-33-34-35-36-37-38-40-42-44-46-48-50-52-54-56-64(77)73-60(61(76)55-53-51-49-47-45-43-41-39-20-18-16-14-12-10-8-6-4-2)59-83-71-69(82)67(80)70(63(58-75)85-71)86-72-68(81)66(79)65(78)62(57-74)84-72/h60-63,65-72,74-76,78-82H,3-59H2,1-2H3,(H,73,77)/t60-,61+,62+,63+,65-,66?,67?,68?,69?,70+,71+,72-/m0/s1. The summed E-state index contributed by atoms with van der Waals surface area (Å²) in [5.41, 5.74) is 0. The van der Waals surface area contributed by atoms with Gasteiger partial charge in [0.1, 0.15) is 48.8 Å². The molecule has 0 aromatic carbocycles. The summed E-state index contributed by atoms with van der Waals surface area (Å²) in [4.78, 5) is 13.4. The Hall–Kier alpha value is -1.01. The minimum Gasteiger partial charge on any atom is -0.394 e. The minimum absolute atomic E-state index is 0.197. The third-order valence-electron chi connectivity index (χ3n) is 18.8. The molecule has 0 aromatic heterocycles. The van der Waals surface area contributed by atoms with E-state index >= 15 is 0 Å². The van der Waals surface area contributed by atoms with Crippen LogP contribution in [0.15, 0.2) is 0 Å². The second kappa shape index (κ2) is 57.9. The molecule has 0 aliphatic carbocycles. The van der Waals surface area contributed by atoms with E-state index in [1.807, 2.05) is 0 Å². The fourth-order valence-electron chi connectivity index (χ4n) is 12.9. The Kier molecular flexibility index (Phi) is 54.5. The molecule has 2 heterocycles. The Morgan fingerprint density at radius 3 is 0.988 bits per heavy atom. The second-order valence-electron chi connectivity index (χ2n) is 26.8. The van der Waals surface area contributed by atoms with Gasteiger partial charge < -0.3 is 65.1 Å². The lowest BCUT2D eigenvalue weighted by molar-refractivity contribution is -0.359. The quantitative estimate of drug-likeness (QED) is 0.0259. The van der Waals surface area contributed by atoms with Crippen LogP contribution in [0.4, 0.5) is 0 Å². The van der Waals surface area contributed by atoms with Gasteiger partial charge in [-0.3, -0.25) is 4.79 Å². The second-order valence-corrected chi connectivity index (χ2v) is 26.8. The largest absolute Gasteiger partial charge is 0.394 e. The molecule has 12 atom stereocenters. The molecule has 2 aliphatic rings. The highest BCUT2D eigenvalue weighted by Crippen LogP contribution is 2.30. The van der Waals surface area contributed by atoms with Crippen LogP contribution in [0.25, 0.3) is 0 Å². The smallest absolute Gasteiger partial charge is 0.220 e. The van der Waals surface area contributed by atoms with Gasteiger partial charge in [-0.15, -0.1) is 0 Å². The Bertz CT molecular complexity index is 1450. The first-order valence-corrected chi connectivity index (χ1v) is 37.3. The number of ether oxygens (including phenoxy) is 4. The molecule has 0 radical (unpaired) electrons. The van der Waals surface area contributed by atoms with Crippen LogP contribution < -0.4 is 5.32 Å². The summed E-state index contributed by atoms with van der Waals surface area (Å²) >= 11 is 0. The van der Waals surface area contributed by atoms with Gasteiger partial charge in [0.25, 0.3) is 0 Å². The van der Waals surface area contributed by atoms with Gasteiger partial charge in [-0.25, -0.2) is 0 Å². The van der Waals surface area contributed by atoms with Crippen LogP contribution in [-0.4, -0.2) is 140 Å². The molecule has 0 aromatic rings. The Balaban J connectivity index is 1.58. The number of carbonyl (C=O) groups excluding carboxylic acids is 1. The minimum atomic E-state index is -1.78. The van der Waals surface area contributed by atoms with Crippen LogP contribution in [0.5, 0.6) is 0 Å². The first kappa shape index (κ1) is 81.1. The van der Waals surface area contributed by atoms with Crippen molar-refractivity contribution in [2.24, 2.45) is 0 Å². The SMILES string of the molecule is CCCCCCCCCCCCCCCCCCCCCCCCCCCCCCCCCCCCCC(=O)N[C@@H](CO[C@@H]1O[C@H](CO)[C@@H](O[C@@H]2O[C@H](CO)[C@H](O)C(O)C2O)C(O)C1O)[C@H](O)CCCCCCCCCCCCCCCCCCC. The maximum absolute atomic E-state index is 13.4. The predicted octanol–water partition coefficient (Wildman–Crippen LogP) is 15.6. The highest BCUT2D eigenvalue weighted by atomic mass is 16.7. The van der Waals surface area contributed by atoms with E-state index in [9.17, 15) is 45.6 Å². The number of hydrogen-bond acceptors (Lipinski definition) is 13. The van der Waals surface area contributed by atoms with Crippen LogP contribution in [0.2, 0.25) is 0 Å². The van der Waals surface area contributed by atoms with Gasteiger partial charge in [-0.05, 0) is 12.8 Å². The number of aliphatic hydroxyl groups is 8. The van der Waals surface area contributed by atoms with Gasteiger partial charge in [0, 0.05) is 6.42 Å². The summed E-state index contributed by atoms with van der Waals surface area (Å²) in [7, 11) is 0. The van der Waals surface area contributed by atoms with E-state index in [1.54, 1.807) is 0 Å². The van der Waals surface area contributed by atoms with Crippen LogP contribution in [0, 0.1) is 0 Å². The van der Waals surface area contributed by atoms with Gasteiger partial charge in [0.15, 0.2) is 12.6 Å². The lowest BCUT2D eigenvalue weighted by atomic mass is 9.97. The molecule has 86 heavy (non-hydrogen) atoms. The molecule has 0 spiro atoms. The zero-order valence-electron chi connectivity index (χ0n) is 55.9. The molecule has 2 saturated heterocycles. The topological polar surface area (TPSA) is 228 Å². The van der Waals surface area contributed by atoms with E-state index in [0.717, 1.165) is 51.4 Å². The Labute approximate surface area is 527 Å². The van der Waals surface area contributed by atoms with E-state index in [1.165, 1.54) is 283 Å². The van der Waals surface area contributed by atoms with Gasteiger partial charge in [0.2, 0.25) is 5.91 Å². The highest BCUT2D eigenvalue weighted by Gasteiger charge is 2.51. The Morgan fingerprint density at radius 1 is 0.372 bits per heavy atom. The average molecular weight is 1230 g/mol. The monoisotopic (exact) mass is 1230 g/mol. The van der Waals surface area contributed by atoms with Crippen molar-refractivity contribution >= 4 is 5.91 Å². The van der Waals surface area contributed by atoms with Gasteiger partial charge in [-0.1, -0.05) is 341 Å². The maximum atomic E-state index is 13.4. The highest BCUT2D eigenvalue weighted by molar-refractivity contribution is 5.76. The summed E-state index contributed by atoms with van der Waals surface area (Å²) in [5.74, 6) is -0.197. The summed E-state index contributed by atoms with van der Waals surface area (Å²) in [6, 6.07) is -0.824. The van der Waals surface area contributed by atoms with Gasteiger partial charge >= 0.3 is 0 Å². The normalized spacial score (nSPS) is 23.3. The molecule has 512 valence electrons. The number of hydrogen-bond donors (Lipinski definition) is 9. The number of amides is 1. The van der Waals surface area contributed by atoms with Crippen LogP contribution in [0.1, 0.15) is 361 Å². The fraction of sp³-hybridized carbons (Fsp3) is 0.986. The van der Waals surface area contributed by atoms with Gasteiger partial charge in [-0.2, -0.15) is 0 Å². The van der Waals surface area contributed by atoms with Crippen molar-refractivity contribution in [2.45, 2.75) is 434 Å². The van der Waals surface area contributed by atoms with E-state index in [4.69, 9.17) is 18.9 Å². The van der Waals surface area contributed by atoms with Crippen molar-refractivity contribution in [2.75, 3.05) is 19.8 Å². The van der Waals surface area contributed by atoms with E-state index in [-0.39, 0.29) is 12.5 Å². The van der Waals surface area contributed by atoms with Crippen molar-refractivity contribution in [3.8, 4) is 0 Å². The molecule has 4 unspecified atom stereocenters. The summed E-state index contributed by atoms with van der Waals surface area (Å²) in [6.07, 6.45) is 52.9. The molecule has 0 bridgehead atoms. The molecule has 14 nitrogen and oxygen atoms in total. The molecule has 2 rings (SSSR count). The summed E-state index contributed by atoms with van der Waals surface area (Å²) < 4.78 is 22.9. The molecular weight excluding hydrogens is 1090 g/mol. The number of rotatable bonds is 63. The zero-order valence-corrected chi connectivity index (χ0v) is 55.9. The van der Waals surface area contributed by atoms with Crippen LogP contribution >= 0.6 is 0 Å². The fourth-order valence-corrected chi connectivity index (χ4v) is 12.9. The maximum Gasteiger partial charge on any atom is 0.220 e. The molecule has 0 saturated carbocycles. The molecule has 2 fully saturated rings. The summed E-state index contributed by atoms with van der Waals surface area (Å²) in [6.45, 7) is 2.93. The van der Waals surface area contributed by atoms with Crippen molar-refractivity contribution in [3.05, 3.63) is 0 Å². The molecule has 14 heteroatoms. The van der Waals surface area contributed by atoms with Crippen molar-refractivity contribution < 1.29 is 64.6 Å². The predicted molar refractivity (Wildman–Crippen MR) is 351 cm³/mol. The lowest BCUT2D eigenvalue weighted by Gasteiger charge is -2.46. The Morgan fingerprint density at radius 2 is 0.663 bits per heavy atom. The third kappa shape index (κ3) is 41.5. The molecule has 9 N–H and O–H groups in total. The first-order chi connectivity index (χ1) is 42.1. The molecular formula is C72H141NO13. The third-order valence-corrected chi connectivity index (χ3v) is 18.8. The van der Waals surface area contributed by atoms with Crippen LogP contribution in [-0.2, 0) is 23.7 Å². The van der Waals surface area contributed by atoms with Crippen molar-refractivity contribution in [1.82, 2.24) is 5.32 Å². The summed E-state index contributed by atoms with van der Waals surface area (Å²) in [5, 5.41) is 87.6. The van der Waals surface area contributed by atoms with Crippen molar-refractivity contribution in [3.63, 3.8) is 0 Å². The van der Waals surface area contributed by atoms with Crippen molar-refractivity contribution in [1.29, 1.82) is 0 Å². The molecule has 1 amide bonds. The zero-order chi connectivity index (χ0) is 62.3. The average Bonchev–Trinajstić information content (AvgIpc) is 2.46. The van der Waals surface area contributed by atoms with E-state index < -0.39 is 86.8 Å². The number of nitrogens with one attached hydrogen (secondary N) is 1. The number of carbonyl (C=O) groups is 1. The van der Waals surface area contributed by atoms with Crippen LogP contribution in [0.3, 0.4) is 0 Å². The van der Waals surface area contributed by atoms with E-state index in [0.29, 0.717) is 12.8 Å². The number of unbranched alkanes of at least 4 members (excludes halogenated alkanes) is 50. The molecule has 2 aliphatic heterocycles. The first-order valence-electron chi connectivity index (χ1n) is 37.3. The number of aliphatic hydroxyl groups excluding tert-OH is 8. The lowest BCUT2D eigenvalue weighted by Crippen LogP contribution is -2.65. The van der Waals surface area contributed by atoms with Gasteiger partial charge in [0.05, 0.1) is 32.0 Å².